The van der Waals surface area contributed by atoms with Crippen LogP contribution >= 0.6 is 54.5 Å². The topological polar surface area (TPSA) is 12.9 Å². The summed E-state index contributed by atoms with van der Waals surface area (Å²) in [7, 11) is 0. The summed E-state index contributed by atoms with van der Waals surface area (Å²) in [4.78, 5) is 4.33. The van der Waals surface area contributed by atoms with Crippen LogP contribution in [-0.2, 0) is 0 Å². The van der Waals surface area contributed by atoms with Crippen molar-refractivity contribution in [2.45, 2.75) is 0 Å². The van der Waals surface area contributed by atoms with Gasteiger partial charge in [0.05, 0.1) is 5.52 Å². The molecule has 0 radical (unpaired) electrons. The van der Waals surface area contributed by atoms with Crippen molar-refractivity contribution in [3.63, 3.8) is 0 Å². The van der Waals surface area contributed by atoms with E-state index >= 15 is 0 Å². The van der Waals surface area contributed by atoms with Crippen molar-refractivity contribution in [3.05, 3.63) is 36.9 Å². The Bertz CT molecular complexity index is 470. The van der Waals surface area contributed by atoms with Crippen LogP contribution in [0.4, 0.5) is 0 Å². The summed E-state index contributed by atoms with van der Waals surface area (Å²) in [5.74, 6) is 0. The third kappa shape index (κ3) is 2.05. The van der Waals surface area contributed by atoms with Gasteiger partial charge in [0.15, 0.2) is 0 Å². The molecular formula is C9H4Br2IN. The lowest BCUT2D eigenvalue weighted by Crippen LogP contribution is -1.82. The smallest absolute Gasteiger partial charge is 0.0725 e. The minimum atomic E-state index is 1.00. The molecule has 0 aliphatic carbocycles. The summed E-state index contributed by atoms with van der Waals surface area (Å²) in [6.45, 7) is 0. The molecule has 0 saturated carbocycles. The molecule has 0 spiro atoms. The number of nitrogens with zero attached hydrogens (tertiary/aromatic N) is 1. The van der Waals surface area contributed by atoms with Gasteiger partial charge in [0, 0.05) is 24.1 Å². The van der Waals surface area contributed by atoms with Gasteiger partial charge >= 0.3 is 0 Å². The number of aromatic nitrogens is 1. The van der Waals surface area contributed by atoms with Crippen LogP contribution < -0.4 is 0 Å². The van der Waals surface area contributed by atoms with Crippen LogP contribution in [-0.4, -0.2) is 4.98 Å². The molecule has 0 amide bonds. The average molecular weight is 413 g/mol. The Hall–Kier alpha value is 0.320. The van der Waals surface area contributed by atoms with Crippen LogP contribution in [0.3, 0.4) is 0 Å². The monoisotopic (exact) mass is 411 g/mol. The van der Waals surface area contributed by atoms with Gasteiger partial charge in [-0.3, -0.25) is 4.98 Å². The maximum absolute atomic E-state index is 4.33. The van der Waals surface area contributed by atoms with E-state index in [4.69, 9.17) is 0 Å². The van der Waals surface area contributed by atoms with E-state index in [1.807, 2.05) is 18.3 Å². The zero-order valence-electron chi connectivity index (χ0n) is 6.39. The molecule has 0 atom stereocenters. The number of fused-ring (bicyclic) bond motifs is 1. The minimum Gasteiger partial charge on any atom is -0.255 e. The fourth-order valence-electron chi connectivity index (χ4n) is 1.13. The largest absolute Gasteiger partial charge is 0.255 e. The van der Waals surface area contributed by atoms with Crippen molar-refractivity contribution >= 4 is 65.4 Å². The predicted molar refractivity (Wildman–Crippen MR) is 69.9 cm³/mol. The summed E-state index contributed by atoms with van der Waals surface area (Å²) < 4.78 is 3.26. The van der Waals surface area contributed by atoms with Crippen LogP contribution in [0.1, 0.15) is 0 Å². The molecule has 0 aliphatic heterocycles. The van der Waals surface area contributed by atoms with Crippen LogP contribution in [0.25, 0.3) is 10.9 Å². The molecule has 66 valence electrons. The lowest BCUT2D eigenvalue weighted by Gasteiger charge is -2.01. The Morgan fingerprint density at radius 3 is 2.69 bits per heavy atom. The second-order valence-electron chi connectivity index (χ2n) is 2.61. The first kappa shape index (κ1) is 9.86. The standard InChI is InChI=1S/C9H4Br2IN/c10-5-1-8(11)7-3-6(12)4-13-9(7)2-5/h1-4H. The summed E-state index contributed by atoms with van der Waals surface area (Å²) >= 11 is 9.20. The van der Waals surface area contributed by atoms with Gasteiger partial charge < -0.3 is 0 Å². The number of pyridine rings is 1. The van der Waals surface area contributed by atoms with Gasteiger partial charge in [0.2, 0.25) is 0 Å². The first-order valence-electron chi connectivity index (χ1n) is 3.57. The van der Waals surface area contributed by atoms with Crippen molar-refractivity contribution in [2.24, 2.45) is 0 Å². The molecule has 0 bridgehead atoms. The predicted octanol–water partition coefficient (Wildman–Crippen LogP) is 4.36. The molecule has 13 heavy (non-hydrogen) atoms. The fourth-order valence-corrected chi connectivity index (χ4v) is 2.90. The van der Waals surface area contributed by atoms with Crippen molar-refractivity contribution in [1.29, 1.82) is 0 Å². The van der Waals surface area contributed by atoms with Gasteiger partial charge in [-0.05, 0) is 40.8 Å². The number of benzene rings is 1. The van der Waals surface area contributed by atoms with Gasteiger partial charge in [-0.15, -0.1) is 0 Å². The third-order valence-corrected chi connectivity index (χ3v) is 3.39. The van der Waals surface area contributed by atoms with E-state index in [9.17, 15) is 0 Å². The van der Waals surface area contributed by atoms with Crippen molar-refractivity contribution < 1.29 is 0 Å². The lowest BCUT2D eigenvalue weighted by molar-refractivity contribution is 1.38. The van der Waals surface area contributed by atoms with Gasteiger partial charge in [-0.1, -0.05) is 31.9 Å². The highest BCUT2D eigenvalue weighted by Gasteiger charge is 2.01. The Balaban J connectivity index is 2.87. The summed E-state index contributed by atoms with van der Waals surface area (Å²) in [6, 6.07) is 6.15. The zero-order valence-corrected chi connectivity index (χ0v) is 11.7. The van der Waals surface area contributed by atoms with E-state index in [2.05, 4.69) is 65.5 Å². The molecule has 0 fully saturated rings. The van der Waals surface area contributed by atoms with Gasteiger partial charge in [0.25, 0.3) is 0 Å². The number of hydrogen-bond acceptors (Lipinski definition) is 1. The SMILES string of the molecule is Brc1cc(Br)c2cc(I)cnc2c1. The molecule has 0 aliphatic rings. The second kappa shape index (κ2) is 3.82. The molecular weight excluding hydrogens is 409 g/mol. The normalized spacial score (nSPS) is 10.7. The molecule has 1 aromatic carbocycles. The Morgan fingerprint density at radius 2 is 1.92 bits per heavy atom. The summed E-state index contributed by atoms with van der Waals surface area (Å²) in [5.41, 5.74) is 1.00. The number of rotatable bonds is 0. The quantitative estimate of drug-likeness (QED) is 0.586. The van der Waals surface area contributed by atoms with Gasteiger partial charge in [-0.2, -0.15) is 0 Å². The van der Waals surface area contributed by atoms with Crippen LogP contribution in [0.15, 0.2) is 33.3 Å². The third-order valence-electron chi connectivity index (χ3n) is 1.68. The lowest BCUT2D eigenvalue weighted by atomic mass is 10.2. The summed E-state index contributed by atoms with van der Waals surface area (Å²) in [5, 5.41) is 1.15. The second-order valence-corrected chi connectivity index (χ2v) is 5.62. The Morgan fingerprint density at radius 1 is 1.15 bits per heavy atom. The Kier molecular flexibility index (Phi) is 2.90. The van der Waals surface area contributed by atoms with Crippen molar-refractivity contribution in [2.75, 3.05) is 0 Å². The van der Waals surface area contributed by atoms with Crippen molar-refractivity contribution in [3.8, 4) is 0 Å². The van der Waals surface area contributed by atoms with Gasteiger partial charge in [-0.25, -0.2) is 0 Å². The number of halogens is 3. The van der Waals surface area contributed by atoms with E-state index in [1.165, 1.54) is 0 Å². The summed E-state index contributed by atoms with van der Waals surface area (Å²) in [6.07, 6.45) is 1.86. The van der Waals surface area contributed by atoms with E-state index in [-0.39, 0.29) is 0 Å². The van der Waals surface area contributed by atoms with Crippen LogP contribution in [0.2, 0.25) is 0 Å². The highest BCUT2D eigenvalue weighted by atomic mass is 127. The Labute approximate surface area is 106 Å². The molecule has 2 aromatic rings. The molecule has 2 rings (SSSR count). The van der Waals surface area contributed by atoms with E-state index in [0.29, 0.717) is 0 Å². The van der Waals surface area contributed by atoms with Crippen molar-refractivity contribution in [1.82, 2.24) is 4.98 Å². The maximum Gasteiger partial charge on any atom is 0.0725 e. The molecule has 1 aromatic heterocycles. The zero-order chi connectivity index (χ0) is 9.42. The van der Waals surface area contributed by atoms with E-state index < -0.39 is 0 Å². The minimum absolute atomic E-state index is 1.00. The van der Waals surface area contributed by atoms with Gasteiger partial charge in [0.1, 0.15) is 0 Å². The molecule has 0 unspecified atom stereocenters. The van der Waals surface area contributed by atoms with E-state index in [0.717, 1.165) is 23.4 Å². The highest BCUT2D eigenvalue weighted by molar-refractivity contribution is 14.1. The maximum atomic E-state index is 4.33. The fraction of sp³-hybridized carbons (Fsp3) is 0. The molecule has 0 saturated heterocycles. The average Bonchev–Trinajstić information content (AvgIpc) is 2.06. The molecule has 4 heteroatoms. The molecule has 1 nitrogen and oxygen atoms in total. The molecule has 0 N–H and O–H groups in total. The number of hydrogen-bond donors (Lipinski definition) is 0. The molecule has 1 heterocycles. The first-order chi connectivity index (χ1) is 6.16. The first-order valence-corrected chi connectivity index (χ1v) is 6.23. The van der Waals surface area contributed by atoms with E-state index in [1.54, 1.807) is 0 Å². The van der Waals surface area contributed by atoms with Crippen LogP contribution in [0, 0.1) is 3.57 Å². The highest BCUT2D eigenvalue weighted by Crippen LogP contribution is 2.27. The van der Waals surface area contributed by atoms with Crippen LogP contribution in [0.5, 0.6) is 0 Å².